The molecular weight excluding hydrogens is 377 g/mol. The van der Waals surface area contributed by atoms with E-state index in [1.165, 1.54) is 23.7 Å². The Morgan fingerprint density at radius 1 is 1.08 bits per heavy atom. The van der Waals surface area contributed by atoms with E-state index in [1.54, 1.807) is 13.1 Å². The summed E-state index contributed by atoms with van der Waals surface area (Å²) >= 11 is 12.1. The highest BCUT2D eigenvalue weighted by Crippen LogP contribution is 2.24. The normalized spacial score (nSPS) is 14.8. The van der Waals surface area contributed by atoms with Crippen LogP contribution in [0.5, 0.6) is 0 Å². The Balaban J connectivity index is 2.19. The lowest BCUT2D eigenvalue weighted by Crippen LogP contribution is -2.43. The summed E-state index contributed by atoms with van der Waals surface area (Å²) in [5.74, 6) is -0.503. The third-order valence-corrected chi connectivity index (χ3v) is 5.31. The number of hydrogen-bond donors (Lipinski definition) is 0. The van der Waals surface area contributed by atoms with Gasteiger partial charge in [0.1, 0.15) is 5.56 Å². The minimum absolute atomic E-state index is 0.0225. The van der Waals surface area contributed by atoms with E-state index in [4.69, 9.17) is 23.2 Å². The van der Waals surface area contributed by atoms with E-state index < -0.39 is 17.0 Å². The Labute approximate surface area is 160 Å². The number of aromatic nitrogens is 2. The first-order chi connectivity index (χ1) is 12.3. The van der Waals surface area contributed by atoms with Crippen molar-refractivity contribution in [1.82, 2.24) is 14.0 Å². The van der Waals surface area contributed by atoms with E-state index in [2.05, 4.69) is 4.90 Å². The van der Waals surface area contributed by atoms with Gasteiger partial charge in [-0.15, -0.1) is 0 Å². The summed E-state index contributed by atoms with van der Waals surface area (Å²) in [4.78, 5) is 40.4. The largest absolute Gasteiger partial charge is 0.330 e. The van der Waals surface area contributed by atoms with Gasteiger partial charge in [0.25, 0.3) is 5.56 Å². The van der Waals surface area contributed by atoms with Gasteiger partial charge in [0, 0.05) is 31.2 Å². The van der Waals surface area contributed by atoms with Gasteiger partial charge in [0.2, 0.25) is 5.78 Å². The molecule has 0 aliphatic carbocycles. The number of nitrogens with zero attached hydrogens (tertiary/aromatic N) is 3. The average Bonchev–Trinajstić information content (AvgIpc) is 3.10. The SMILES string of the molecule is Cn1c(CN2CCCC2)c(C(=O)c2ccc(Cl)cc2Cl)c(=O)n(C)c1=O. The van der Waals surface area contributed by atoms with Crippen molar-refractivity contribution < 1.29 is 4.79 Å². The Bertz CT molecular complexity index is 988. The molecule has 26 heavy (non-hydrogen) atoms. The van der Waals surface area contributed by atoms with E-state index >= 15 is 0 Å². The van der Waals surface area contributed by atoms with Crippen molar-refractivity contribution in [2.24, 2.45) is 14.1 Å². The summed E-state index contributed by atoms with van der Waals surface area (Å²) in [6.07, 6.45) is 2.12. The molecule has 1 aromatic carbocycles. The maximum atomic E-state index is 13.1. The van der Waals surface area contributed by atoms with Gasteiger partial charge in [-0.1, -0.05) is 23.2 Å². The van der Waals surface area contributed by atoms with E-state index in [9.17, 15) is 14.4 Å². The van der Waals surface area contributed by atoms with Gasteiger partial charge in [-0.25, -0.2) is 4.79 Å². The van der Waals surface area contributed by atoms with Crippen molar-refractivity contribution in [2.45, 2.75) is 19.4 Å². The summed E-state index contributed by atoms with van der Waals surface area (Å²) in [5.41, 5.74) is -0.488. The summed E-state index contributed by atoms with van der Waals surface area (Å²) in [7, 11) is 2.94. The number of ketones is 1. The Morgan fingerprint density at radius 3 is 2.35 bits per heavy atom. The van der Waals surface area contributed by atoms with Crippen LogP contribution in [0.1, 0.15) is 34.5 Å². The highest BCUT2D eigenvalue weighted by molar-refractivity contribution is 6.37. The van der Waals surface area contributed by atoms with Crippen LogP contribution >= 0.6 is 23.2 Å². The molecule has 2 aromatic rings. The van der Waals surface area contributed by atoms with E-state index in [-0.39, 0.29) is 16.1 Å². The predicted molar refractivity (Wildman–Crippen MR) is 101 cm³/mol. The highest BCUT2D eigenvalue weighted by atomic mass is 35.5. The standard InChI is InChI=1S/C18H19Cl2N3O3/c1-21-14(10-23-7-3-4-8-23)15(17(25)22(2)18(21)26)16(24)12-6-5-11(19)9-13(12)20/h5-6,9H,3-4,7-8,10H2,1-2H3. The fourth-order valence-corrected chi connectivity index (χ4v) is 3.75. The van der Waals surface area contributed by atoms with Gasteiger partial charge in [0.15, 0.2) is 0 Å². The lowest BCUT2D eigenvalue weighted by atomic mass is 10.0. The molecule has 0 unspecified atom stereocenters. The van der Waals surface area contributed by atoms with Crippen molar-refractivity contribution in [3.63, 3.8) is 0 Å². The number of halogens is 2. The van der Waals surface area contributed by atoms with Crippen LogP contribution in [-0.4, -0.2) is 32.9 Å². The van der Waals surface area contributed by atoms with Crippen LogP contribution in [0, 0.1) is 0 Å². The Hall–Kier alpha value is -1.89. The lowest BCUT2D eigenvalue weighted by Gasteiger charge is -2.20. The van der Waals surface area contributed by atoms with Crippen molar-refractivity contribution in [2.75, 3.05) is 13.1 Å². The van der Waals surface area contributed by atoms with Crippen molar-refractivity contribution in [3.8, 4) is 0 Å². The molecule has 1 aliphatic heterocycles. The molecule has 0 atom stereocenters. The van der Waals surface area contributed by atoms with Crippen LogP contribution in [0.2, 0.25) is 10.0 Å². The molecule has 8 heteroatoms. The zero-order valence-electron chi connectivity index (χ0n) is 14.6. The smallest absolute Gasteiger partial charge is 0.299 e. The van der Waals surface area contributed by atoms with Crippen LogP contribution in [-0.2, 0) is 20.6 Å². The second-order valence-electron chi connectivity index (χ2n) is 6.46. The second kappa shape index (κ2) is 7.39. The van der Waals surface area contributed by atoms with Gasteiger partial charge in [-0.3, -0.25) is 23.6 Å². The van der Waals surface area contributed by atoms with Crippen LogP contribution in [0.3, 0.4) is 0 Å². The van der Waals surface area contributed by atoms with Gasteiger partial charge in [-0.2, -0.15) is 0 Å². The molecule has 1 aromatic heterocycles. The molecule has 3 rings (SSSR count). The fraction of sp³-hybridized carbons (Fsp3) is 0.389. The van der Waals surface area contributed by atoms with E-state index in [1.807, 2.05) is 0 Å². The highest BCUT2D eigenvalue weighted by Gasteiger charge is 2.26. The summed E-state index contributed by atoms with van der Waals surface area (Å²) in [5, 5.41) is 0.572. The topological polar surface area (TPSA) is 64.3 Å². The molecule has 0 N–H and O–H groups in total. The lowest BCUT2D eigenvalue weighted by molar-refractivity contribution is 0.103. The molecule has 0 saturated carbocycles. The Morgan fingerprint density at radius 2 is 1.73 bits per heavy atom. The average molecular weight is 396 g/mol. The minimum atomic E-state index is -0.613. The van der Waals surface area contributed by atoms with Crippen molar-refractivity contribution >= 4 is 29.0 Å². The summed E-state index contributed by atoms with van der Waals surface area (Å²) in [6.45, 7) is 2.12. The number of hydrogen-bond acceptors (Lipinski definition) is 4. The zero-order chi connectivity index (χ0) is 19.0. The van der Waals surface area contributed by atoms with E-state index in [0.717, 1.165) is 30.5 Å². The van der Waals surface area contributed by atoms with Crippen LogP contribution in [0.4, 0.5) is 0 Å². The molecule has 0 spiro atoms. The summed E-state index contributed by atoms with van der Waals surface area (Å²) < 4.78 is 2.32. The maximum absolute atomic E-state index is 13.1. The molecular formula is C18H19Cl2N3O3. The molecule has 2 heterocycles. The van der Waals surface area contributed by atoms with Crippen molar-refractivity contribution in [1.29, 1.82) is 0 Å². The maximum Gasteiger partial charge on any atom is 0.330 e. The molecule has 1 aliphatic rings. The molecule has 0 bridgehead atoms. The van der Waals surface area contributed by atoms with Crippen LogP contribution < -0.4 is 11.2 Å². The third-order valence-electron chi connectivity index (χ3n) is 4.76. The zero-order valence-corrected chi connectivity index (χ0v) is 16.1. The quantitative estimate of drug-likeness (QED) is 0.744. The second-order valence-corrected chi connectivity index (χ2v) is 7.31. The number of likely N-dealkylation sites (tertiary alicyclic amines) is 1. The number of carbonyl (C=O) groups excluding carboxylic acids is 1. The molecule has 0 radical (unpaired) electrons. The number of carbonyl (C=O) groups is 1. The number of benzene rings is 1. The predicted octanol–water partition coefficient (Wildman–Crippen LogP) is 2.22. The van der Waals surface area contributed by atoms with Gasteiger partial charge >= 0.3 is 5.69 Å². The van der Waals surface area contributed by atoms with Gasteiger partial charge < -0.3 is 0 Å². The Kier molecular flexibility index (Phi) is 5.37. The molecule has 1 saturated heterocycles. The first-order valence-corrected chi connectivity index (χ1v) is 9.08. The first kappa shape index (κ1) is 18.9. The fourth-order valence-electron chi connectivity index (χ4n) is 3.26. The molecule has 138 valence electrons. The molecule has 0 amide bonds. The first-order valence-electron chi connectivity index (χ1n) is 8.32. The van der Waals surface area contributed by atoms with Crippen LogP contribution in [0.15, 0.2) is 27.8 Å². The van der Waals surface area contributed by atoms with Crippen molar-refractivity contribution in [3.05, 3.63) is 65.9 Å². The number of rotatable bonds is 4. The monoisotopic (exact) mass is 395 g/mol. The summed E-state index contributed by atoms with van der Waals surface area (Å²) in [6, 6.07) is 4.51. The molecule has 6 nitrogen and oxygen atoms in total. The van der Waals surface area contributed by atoms with Gasteiger partial charge in [0.05, 0.1) is 10.7 Å². The van der Waals surface area contributed by atoms with E-state index in [0.29, 0.717) is 17.3 Å². The van der Waals surface area contributed by atoms with Crippen LogP contribution in [0.25, 0.3) is 0 Å². The van der Waals surface area contributed by atoms with Gasteiger partial charge in [-0.05, 0) is 44.1 Å². The third kappa shape index (κ3) is 3.37. The minimum Gasteiger partial charge on any atom is -0.299 e. The molecule has 1 fully saturated rings.